The Morgan fingerprint density at radius 2 is 1.72 bits per heavy atom. The van der Waals surface area contributed by atoms with E-state index in [0.717, 1.165) is 0 Å². The Balaban J connectivity index is 2.34. The molecule has 18 heavy (non-hydrogen) atoms. The third-order valence-electron chi connectivity index (χ3n) is 2.75. The van der Waals surface area contributed by atoms with Crippen molar-refractivity contribution in [1.29, 1.82) is 0 Å². The Morgan fingerprint density at radius 1 is 1.06 bits per heavy atom. The molecule has 0 fully saturated rings. The maximum Gasteiger partial charge on any atom is 0.193 e. The molecule has 0 saturated heterocycles. The number of hydrogen-bond acceptors (Lipinski definition) is 2. The Hall–Kier alpha value is -2.19. The molecule has 2 aromatic rings. The van der Waals surface area contributed by atoms with E-state index in [9.17, 15) is 9.90 Å². The fraction of sp³-hybridized carbons (Fsp3) is 0.0625. The molecule has 0 aliphatic rings. The lowest BCUT2D eigenvalue weighted by molar-refractivity contribution is 0.103. The molecule has 2 heteroatoms. The predicted molar refractivity (Wildman–Crippen MR) is 71.5 cm³/mol. The van der Waals surface area contributed by atoms with Gasteiger partial charge in [-0.1, -0.05) is 54.6 Å². The smallest absolute Gasteiger partial charge is 0.193 e. The summed E-state index contributed by atoms with van der Waals surface area (Å²) in [5.74, 6) is -0.0475. The molecule has 0 spiro atoms. The number of carbonyl (C=O) groups excluding carboxylic acids is 1. The average molecular weight is 238 g/mol. The van der Waals surface area contributed by atoms with Crippen LogP contribution in [-0.4, -0.2) is 10.9 Å². The number of aliphatic hydroxyl groups excluding tert-OH is 1. The van der Waals surface area contributed by atoms with Crippen LogP contribution in [0.25, 0.3) is 0 Å². The number of ketones is 1. The van der Waals surface area contributed by atoms with E-state index in [1.807, 2.05) is 18.2 Å². The molecule has 0 bridgehead atoms. The average Bonchev–Trinajstić information content (AvgIpc) is 2.46. The van der Waals surface area contributed by atoms with Crippen molar-refractivity contribution in [1.82, 2.24) is 0 Å². The molecule has 0 unspecified atom stereocenters. The molecule has 2 nitrogen and oxygen atoms in total. The topological polar surface area (TPSA) is 37.3 Å². The maximum absolute atomic E-state index is 12.2. The summed E-state index contributed by atoms with van der Waals surface area (Å²) in [6, 6.07) is 16.1. The Labute approximate surface area is 106 Å². The SMILES string of the molecule is C=C[C@H](O)c1cccc(C(=O)c2ccccc2)c1. The van der Waals surface area contributed by atoms with Crippen LogP contribution < -0.4 is 0 Å². The van der Waals surface area contributed by atoms with Crippen LogP contribution in [0.2, 0.25) is 0 Å². The van der Waals surface area contributed by atoms with Gasteiger partial charge in [-0.3, -0.25) is 4.79 Å². The fourth-order valence-electron chi connectivity index (χ4n) is 1.76. The van der Waals surface area contributed by atoms with Crippen molar-refractivity contribution in [3.63, 3.8) is 0 Å². The minimum atomic E-state index is -0.742. The molecule has 2 aromatic carbocycles. The molecule has 0 saturated carbocycles. The zero-order valence-corrected chi connectivity index (χ0v) is 9.91. The highest BCUT2D eigenvalue weighted by atomic mass is 16.3. The maximum atomic E-state index is 12.2. The number of hydrogen-bond donors (Lipinski definition) is 1. The van der Waals surface area contributed by atoms with Gasteiger partial charge >= 0.3 is 0 Å². The second-order valence-corrected chi connectivity index (χ2v) is 4.00. The summed E-state index contributed by atoms with van der Waals surface area (Å²) in [5.41, 5.74) is 1.88. The van der Waals surface area contributed by atoms with Crippen LogP contribution in [0, 0.1) is 0 Å². The molecule has 0 amide bonds. The predicted octanol–water partition coefficient (Wildman–Crippen LogP) is 3.14. The monoisotopic (exact) mass is 238 g/mol. The summed E-state index contributed by atoms with van der Waals surface area (Å²) < 4.78 is 0. The van der Waals surface area contributed by atoms with Gasteiger partial charge in [0.05, 0.1) is 6.10 Å². The first-order valence-electron chi connectivity index (χ1n) is 5.72. The van der Waals surface area contributed by atoms with Crippen molar-refractivity contribution in [2.24, 2.45) is 0 Å². The van der Waals surface area contributed by atoms with E-state index in [-0.39, 0.29) is 5.78 Å². The van der Waals surface area contributed by atoms with E-state index in [1.54, 1.807) is 36.4 Å². The van der Waals surface area contributed by atoms with E-state index in [0.29, 0.717) is 16.7 Å². The second kappa shape index (κ2) is 5.43. The van der Waals surface area contributed by atoms with Gasteiger partial charge in [-0.05, 0) is 11.6 Å². The van der Waals surface area contributed by atoms with Gasteiger partial charge in [0.2, 0.25) is 0 Å². The van der Waals surface area contributed by atoms with Crippen molar-refractivity contribution >= 4 is 5.78 Å². The molecule has 0 aromatic heterocycles. The standard InChI is InChI=1S/C16H14O2/c1-2-15(17)13-9-6-10-14(11-13)16(18)12-7-4-3-5-8-12/h2-11,15,17H,1H2/t15-/m0/s1. The molecule has 90 valence electrons. The summed E-state index contributed by atoms with van der Waals surface area (Å²) in [6.07, 6.45) is 0.695. The minimum Gasteiger partial charge on any atom is -0.384 e. The van der Waals surface area contributed by atoms with Crippen molar-refractivity contribution in [3.05, 3.63) is 83.9 Å². The van der Waals surface area contributed by atoms with Crippen LogP contribution >= 0.6 is 0 Å². The highest BCUT2D eigenvalue weighted by molar-refractivity contribution is 6.09. The van der Waals surface area contributed by atoms with Gasteiger partial charge in [0, 0.05) is 11.1 Å². The zero-order valence-electron chi connectivity index (χ0n) is 9.91. The van der Waals surface area contributed by atoms with E-state index >= 15 is 0 Å². The fourth-order valence-corrected chi connectivity index (χ4v) is 1.76. The van der Waals surface area contributed by atoms with Gasteiger partial charge in [0.15, 0.2) is 5.78 Å². The Kier molecular flexibility index (Phi) is 3.70. The highest BCUT2D eigenvalue weighted by Gasteiger charge is 2.10. The van der Waals surface area contributed by atoms with E-state index in [4.69, 9.17) is 0 Å². The lowest BCUT2D eigenvalue weighted by Gasteiger charge is -2.07. The van der Waals surface area contributed by atoms with Gasteiger partial charge in [-0.15, -0.1) is 6.58 Å². The largest absolute Gasteiger partial charge is 0.384 e. The van der Waals surface area contributed by atoms with Gasteiger partial charge < -0.3 is 5.11 Å². The Bertz CT molecular complexity index is 558. The van der Waals surface area contributed by atoms with E-state index in [1.165, 1.54) is 6.08 Å². The van der Waals surface area contributed by atoms with Crippen LogP contribution in [0.1, 0.15) is 27.6 Å². The number of carbonyl (C=O) groups is 1. The van der Waals surface area contributed by atoms with Gasteiger partial charge in [0.25, 0.3) is 0 Å². The summed E-state index contributed by atoms with van der Waals surface area (Å²) >= 11 is 0. The van der Waals surface area contributed by atoms with Crippen LogP contribution in [0.4, 0.5) is 0 Å². The first kappa shape index (κ1) is 12.3. The summed E-state index contributed by atoms with van der Waals surface area (Å²) in [5, 5.41) is 9.68. The molecule has 2 rings (SSSR count). The lowest BCUT2D eigenvalue weighted by atomic mass is 9.99. The van der Waals surface area contributed by atoms with E-state index < -0.39 is 6.10 Å². The minimum absolute atomic E-state index is 0.0475. The first-order valence-corrected chi connectivity index (χ1v) is 5.72. The normalized spacial score (nSPS) is 11.8. The first-order chi connectivity index (χ1) is 8.72. The molecular formula is C16H14O2. The second-order valence-electron chi connectivity index (χ2n) is 4.00. The summed E-state index contributed by atoms with van der Waals surface area (Å²) in [4.78, 5) is 12.2. The van der Waals surface area contributed by atoms with Crippen LogP contribution in [-0.2, 0) is 0 Å². The zero-order chi connectivity index (χ0) is 13.0. The van der Waals surface area contributed by atoms with Crippen molar-refractivity contribution in [3.8, 4) is 0 Å². The van der Waals surface area contributed by atoms with E-state index in [2.05, 4.69) is 6.58 Å². The Morgan fingerprint density at radius 3 is 2.39 bits per heavy atom. The van der Waals surface area contributed by atoms with Crippen molar-refractivity contribution in [2.75, 3.05) is 0 Å². The van der Waals surface area contributed by atoms with Gasteiger partial charge in [-0.2, -0.15) is 0 Å². The molecule has 0 radical (unpaired) electrons. The third kappa shape index (κ3) is 2.55. The van der Waals surface area contributed by atoms with Crippen molar-refractivity contribution < 1.29 is 9.90 Å². The van der Waals surface area contributed by atoms with Crippen LogP contribution in [0.15, 0.2) is 67.3 Å². The van der Waals surface area contributed by atoms with Gasteiger partial charge in [0.1, 0.15) is 0 Å². The van der Waals surface area contributed by atoms with Crippen LogP contribution in [0.3, 0.4) is 0 Å². The number of aliphatic hydroxyl groups is 1. The molecule has 0 heterocycles. The van der Waals surface area contributed by atoms with Gasteiger partial charge in [-0.25, -0.2) is 0 Å². The van der Waals surface area contributed by atoms with Crippen LogP contribution in [0.5, 0.6) is 0 Å². The summed E-state index contributed by atoms with van der Waals surface area (Å²) in [6.45, 7) is 3.53. The summed E-state index contributed by atoms with van der Waals surface area (Å²) in [7, 11) is 0. The highest BCUT2D eigenvalue weighted by Crippen LogP contribution is 2.17. The number of rotatable bonds is 4. The van der Waals surface area contributed by atoms with Crippen molar-refractivity contribution in [2.45, 2.75) is 6.10 Å². The molecular weight excluding hydrogens is 224 g/mol. The third-order valence-corrected chi connectivity index (χ3v) is 2.75. The lowest BCUT2D eigenvalue weighted by Crippen LogP contribution is -2.02. The molecule has 1 atom stereocenters. The number of benzene rings is 2. The molecule has 1 N–H and O–H groups in total. The molecule has 0 aliphatic carbocycles. The quantitative estimate of drug-likeness (QED) is 0.656. The molecule has 0 aliphatic heterocycles.